The summed E-state index contributed by atoms with van der Waals surface area (Å²) in [6, 6.07) is 9.77. The minimum atomic E-state index is -0.558. The van der Waals surface area contributed by atoms with Crippen LogP contribution in [-0.4, -0.2) is 29.0 Å². The molecule has 0 radical (unpaired) electrons. The van der Waals surface area contributed by atoms with Crippen molar-refractivity contribution in [2.45, 2.75) is 12.6 Å². The van der Waals surface area contributed by atoms with Gasteiger partial charge in [0, 0.05) is 0 Å². The predicted octanol–water partition coefficient (Wildman–Crippen LogP) is 2.22. The lowest BCUT2D eigenvalue weighted by atomic mass is 10.1. The molecule has 1 aromatic heterocycles. The molecule has 4 nitrogen and oxygen atoms in total. The Labute approximate surface area is 101 Å². The van der Waals surface area contributed by atoms with Gasteiger partial charge >= 0.3 is 0 Å². The van der Waals surface area contributed by atoms with Crippen LogP contribution < -0.4 is 4.74 Å². The fourth-order valence-electron chi connectivity index (χ4n) is 1.61. The van der Waals surface area contributed by atoms with Gasteiger partial charge < -0.3 is 9.72 Å². The Bertz CT molecular complexity index is 453. The third-order valence-electron chi connectivity index (χ3n) is 2.91. The first-order valence-electron chi connectivity index (χ1n) is 5.53. The Morgan fingerprint density at radius 2 is 1.94 bits per heavy atom. The van der Waals surface area contributed by atoms with E-state index in [1.54, 1.807) is 12.5 Å². The zero-order chi connectivity index (χ0) is 12.3. The number of aromatic amines is 1. The van der Waals surface area contributed by atoms with E-state index in [1.165, 1.54) is 0 Å². The molecular formula is C13H17N3O. The number of nitrogens with one attached hydrogen (secondary N) is 1. The van der Waals surface area contributed by atoms with Gasteiger partial charge in [-0.2, -0.15) is 0 Å². The quantitative estimate of drug-likeness (QED) is 0.820. The molecular weight excluding hydrogens is 214 g/mol. The lowest BCUT2D eigenvalue weighted by molar-refractivity contribution is -0.0501. The molecule has 2 rings (SSSR count). The lowest BCUT2D eigenvalue weighted by Gasteiger charge is -2.35. The van der Waals surface area contributed by atoms with E-state index in [0.717, 1.165) is 11.4 Å². The monoisotopic (exact) mass is 231 g/mol. The summed E-state index contributed by atoms with van der Waals surface area (Å²) in [5, 5.41) is 0. The number of hydrogen-bond donors (Lipinski definition) is 1. The normalized spacial score (nSPS) is 14.6. The summed E-state index contributed by atoms with van der Waals surface area (Å²) in [4.78, 5) is 9.16. The number of nitrogens with zero attached hydrogens (tertiary/aromatic N) is 2. The van der Waals surface area contributed by atoms with Crippen LogP contribution in [-0.2, 0) is 5.72 Å². The fraction of sp³-hybridized carbons (Fsp3) is 0.308. The molecule has 0 aliphatic carbocycles. The SMILES string of the molecule is CN(C)C(C)(Oc1ccccc1)c1cnc[nH]1. The number of H-pyrrole nitrogens is 1. The van der Waals surface area contributed by atoms with Crippen LogP contribution in [0, 0.1) is 0 Å². The third kappa shape index (κ3) is 2.31. The molecule has 0 spiro atoms. The summed E-state index contributed by atoms with van der Waals surface area (Å²) in [5.41, 5.74) is 0.365. The molecule has 4 heteroatoms. The van der Waals surface area contributed by atoms with Crippen molar-refractivity contribution in [2.75, 3.05) is 14.1 Å². The number of imidazole rings is 1. The first kappa shape index (κ1) is 11.7. The maximum absolute atomic E-state index is 6.06. The third-order valence-corrected chi connectivity index (χ3v) is 2.91. The van der Waals surface area contributed by atoms with E-state index in [1.807, 2.05) is 56.3 Å². The van der Waals surface area contributed by atoms with Crippen molar-refractivity contribution in [1.29, 1.82) is 0 Å². The van der Waals surface area contributed by atoms with Crippen LogP contribution in [0.1, 0.15) is 12.6 Å². The van der Waals surface area contributed by atoms with E-state index < -0.39 is 5.72 Å². The van der Waals surface area contributed by atoms with Crippen LogP contribution in [0.4, 0.5) is 0 Å². The maximum atomic E-state index is 6.06. The van der Waals surface area contributed by atoms with E-state index in [9.17, 15) is 0 Å². The number of aromatic nitrogens is 2. The molecule has 2 aromatic rings. The Balaban J connectivity index is 2.30. The van der Waals surface area contributed by atoms with Crippen LogP contribution in [0.2, 0.25) is 0 Å². The molecule has 1 N–H and O–H groups in total. The van der Waals surface area contributed by atoms with Crippen molar-refractivity contribution in [2.24, 2.45) is 0 Å². The van der Waals surface area contributed by atoms with Crippen molar-refractivity contribution < 1.29 is 4.74 Å². The average Bonchev–Trinajstić information content (AvgIpc) is 2.84. The highest BCUT2D eigenvalue weighted by Crippen LogP contribution is 2.28. The van der Waals surface area contributed by atoms with Gasteiger partial charge in [-0.05, 0) is 33.2 Å². The van der Waals surface area contributed by atoms with Gasteiger partial charge in [0.05, 0.1) is 18.2 Å². The highest BCUT2D eigenvalue weighted by molar-refractivity contribution is 5.23. The van der Waals surface area contributed by atoms with Crippen LogP contribution in [0.5, 0.6) is 5.75 Å². The fourth-order valence-corrected chi connectivity index (χ4v) is 1.61. The van der Waals surface area contributed by atoms with E-state index in [-0.39, 0.29) is 0 Å². The highest BCUT2D eigenvalue weighted by atomic mass is 16.5. The maximum Gasteiger partial charge on any atom is 0.202 e. The van der Waals surface area contributed by atoms with Crippen molar-refractivity contribution >= 4 is 0 Å². The lowest BCUT2D eigenvalue weighted by Crippen LogP contribution is -2.44. The van der Waals surface area contributed by atoms with Crippen LogP contribution >= 0.6 is 0 Å². The van der Waals surface area contributed by atoms with Crippen molar-refractivity contribution in [3.8, 4) is 5.75 Å². The van der Waals surface area contributed by atoms with Crippen LogP contribution in [0.15, 0.2) is 42.9 Å². The first-order valence-corrected chi connectivity index (χ1v) is 5.53. The standard InChI is InChI=1S/C13H17N3O/c1-13(16(2)3,12-9-14-10-15-12)17-11-7-5-4-6-8-11/h4-10H,1-3H3,(H,14,15). The zero-order valence-electron chi connectivity index (χ0n) is 10.3. The second-order valence-electron chi connectivity index (χ2n) is 4.26. The Kier molecular flexibility index (Phi) is 3.15. The zero-order valence-corrected chi connectivity index (χ0v) is 10.3. The van der Waals surface area contributed by atoms with E-state index in [4.69, 9.17) is 4.74 Å². The largest absolute Gasteiger partial charge is 0.467 e. The summed E-state index contributed by atoms with van der Waals surface area (Å²) >= 11 is 0. The number of hydrogen-bond acceptors (Lipinski definition) is 3. The van der Waals surface area contributed by atoms with E-state index in [0.29, 0.717) is 0 Å². The van der Waals surface area contributed by atoms with Crippen molar-refractivity contribution in [3.05, 3.63) is 48.5 Å². The van der Waals surface area contributed by atoms with Crippen molar-refractivity contribution in [3.63, 3.8) is 0 Å². The number of rotatable bonds is 4. The molecule has 0 aliphatic rings. The number of ether oxygens (including phenoxy) is 1. The molecule has 17 heavy (non-hydrogen) atoms. The molecule has 1 heterocycles. The summed E-state index contributed by atoms with van der Waals surface area (Å²) in [7, 11) is 3.95. The molecule has 0 saturated carbocycles. The number of benzene rings is 1. The Morgan fingerprint density at radius 3 is 2.47 bits per heavy atom. The molecule has 1 aromatic carbocycles. The summed E-state index contributed by atoms with van der Waals surface area (Å²) in [6.45, 7) is 2.01. The van der Waals surface area contributed by atoms with Gasteiger partial charge in [-0.3, -0.25) is 4.90 Å². The van der Waals surface area contributed by atoms with Crippen molar-refractivity contribution in [1.82, 2.24) is 14.9 Å². The van der Waals surface area contributed by atoms with Gasteiger partial charge in [-0.1, -0.05) is 18.2 Å². The highest BCUT2D eigenvalue weighted by Gasteiger charge is 2.33. The van der Waals surface area contributed by atoms with Crippen LogP contribution in [0.3, 0.4) is 0 Å². The van der Waals surface area contributed by atoms with Crippen LogP contribution in [0.25, 0.3) is 0 Å². The van der Waals surface area contributed by atoms with Gasteiger partial charge in [0.25, 0.3) is 0 Å². The Hall–Kier alpha value is -1.81. The molecule has 0 amide bonds. The molecule has 0 aliphatic heterocycles. The summed E-state index contributed by atoms with van der Waals surface area (Å²) in [6.07, 6.45) is 3.44. The smallest absolute Gasteiger partial charge is 0.202 e. The Morgan fingerprint density at radius 1 is 1.24 bits per heavy atom. The molecule has 0 fully saturated rings. The number of para-hydroxylation sites is 1. The second-order valence-corrected chi connectivity index (χ2v) is 4.26. The second kappa shape index (κ2) is 4.59. The van der Waals surface area contributed by atoms with E-state index >= 15 is 0 Å². The van der Waals surface area contributed by atoms with Gasteiger partial charge in [0.2, 0.25) is 5.72 Å². The van der Waals surface area contributed by atoms with Gasteiger partial charge in [0.15, 0.2) is 0 Å². The minimum Gasteiger partial charge on any atom is -0.467 e. The first-order chi connectivity index (χ1) is 8.13. The molecule has 0 saturated heterocycles. The predicted molar refractivity (Wildman–Crippen MR) is 66.7 cm³/mol. The molecule has 1 unspecified atom stereocenters. The van der Waals surface area contributed by atoms with Gasteiger partial charge in [0.1, 0.15) is 5.75 Å². The summed E-state index contributed by atoms with van der Waals surface area (Å²) < 4.78 is 6.06. The van der Waals surface area contributed by atoms with Gasteiger partial charge in [-0.15, -0.1) is 0 Å². The minimum absolute atomic E-state index is 0.558. The molecule has 1 atom stereocenters. The van der Waals surface area contributed by atoms with Gasteiger partial charge in [-0.25, -0.2) is 4.98 Å². The average molecular weight is 231 g/mol. The van der Waals surface area contributed by atoms with E-state index in [2.05, 4.69) is 9.97 Å². The molecule has 90 valence electrons. The topological polar surface area (TPSA) is 41.1 Å². The summed E-state index contributed by atoms with van der Waals surface area (Å²) in [5.74, 6) is 0.832. The molecule has 0 bridgehead atoms.